The van der Waals surface area contributed by atoms with Crippen molar-refractivity contribution in [1.82, 2.24) is 0 Å². The molecule has 0 heterocycles. The number of carbonyl (C=O) groups is 2. The van der Waals surface area contributed by atoms with Gasteiger partial charge in [0.15, 0.2) is 8.32 Å². The van der Waals surface area contributed by atoms with Crippen LogP contribution in [0.25, 0.3) is 0 Å². The molecule has 0 N–H and O–H groups in total. The molecule has 0 rings (SSSR count). The maximum absolute atomic E-state index is 12.0. The Bertz CT molecular complexity index is 522. The Morgan fingerprint density at radius 2 is 1.21 bits per heavy atom. The SMILES string of the molecule is CCC(C)C(=O)OCCC[Si](C)(C)O[Si](C)(C)O[Si](C)(C)COC(=O)C(C)CC. The van der Waals surface area contributed by atoms with Gasteiger partial charge in [0.05, 0.1) is 18.4 Å². The van der Waals surface area contributed by atoms with Gasteiger partial charge < -0.3 is 17.7 Å². The van der Waals surface area contributed by atoms with Gasteiger partial charge in [-0.15, -0.1) is 0 Å². The normalized spacial score (nSPS) is 15.0. The zero-order chi connectivity index (χ0) is 22.9. The summed E-state index contributed by atoms with van der Waals surface area (Å²) in [5, 5.41) is 0. The third-order valence-electron chi connectivity index (χ3n) is 4.80. The Kier molecular flexibility index (Phi) is 12.2. The van der Waals surface area contributed by atoms with Crippen molar-refractivity contribution in [1.29, 1.82) is 0 Å². The average Bonchev–Trinajstić information content (AvgIpc) is 2.59. The molecule has 0 aliphatic heterocycles. The minimum atomic E-state index is -2.36. The van der Waals surface area contributed by atoms with Crippen LogP contribution in [0.4, 0.5) is 0 Å². The molecule has 0 fully saturated rings. The first-order chi connectivity index (χ1) is 13.1. The number of esters is 2. The lowest BCUT2D eigenvalue weighted by molar-refractivity contribution is -0.148. The molecule has 0 aromatic heterocycles. The highest BCUT2D eigenvalue weighted by Gasteiger charge is 2.40. The van der Waals surface area contributed by atoms with Gasteiger partial charge in [0.1, 0.15) is 6.23 Å². The minimum absolute atomic E-state index is 0.0437. The van der Waals surface area contributed by atoms with Gasteiger partial charge in [0.2, 0.25) is 8.32 Å². The van der Waals surface area contributed by atoms with E-state index < -0.39 is 25.2 Å². The number of ether oxygens (including phenoxy) is 2. The van der Waals surface area contributed by atoms with E-state index in [2.05, 4.69) is 39.3 Å². The molecule has 2 atom stereocenters. The summed E-state index contributed by atoms with van der Waals surface area (Å²) in [6, 6.07) is 0.908. The molecule has 0 aromatic carbocycles. The van der Waals surface area contributed by atoms with Crippen LogP contribution in [0.3, 0.4) is 0 Å². The molecule has 0 aromatic rings. The van der Waals surface area contributed by atoms with E-state index in [-0.39, 0.29) is 23.8 Å². The highest BCUT2D eigenvalue weighted by molar-refractivity contribution is 6.87. The molecule has 0 radical (unpaired) electrons. The predicted molar refractivity (Wildman–Crippen MR) is 125 cm³/mol. The number of rotatable bonds is 14. The van der Waals surface area contributed by atoms with Gasteiger partial charge in [0, 0.05) is 0 Å². The van der Waals surface area contributed by atoms with E-state index in [0.29, 0.717) is 12.8 Å². The molecular weight excluding hydrogens is 420 g/mol. The zero-order valence-electron chi connectivity index (χ0n) is 20.3. The van der Waals surface area contributed by atoms with Crippen LogP contribution in [0.5, 0.6) is 0 Å². The van der Waals surface area contributed by atoms with Crippen molar-refractivity contribution in [3.05, 3.63) is 0 Å². The third kappa shape index (κ3) is 12.7. The maximum atomic E-state index is 12.0. The van der Waals surface area contributed by atoms with E-state index in [0.717, 1.165) is 25.3 Å². The smallest absolute Gasteiger partial charge is 0.311 e. The Morgan fingerprint density at radius 3 is 1.69 bits per heavy atom. The summed E-state index contributed by atoms with van der Waals surface area (Å²) in [6.07, 6.45) is 2.73. The van der Waals surface area contributed by atoms with Crippen molar-refractivity contribution in [3.63, 3.8) is 0 Å². The first-order valence-corrected chi connectivity index (χ1v) is 19.9. The maximum Gasteiger partial charge on any atom is 0.311 e. The summed E-state index contributed by atoms with van der Waals surface area (Å²) in [5.41, 5.74) is 0. The van der Waals surface area contributed by atoms with Crippen molar-refractivity contribution in [3.8, 4) is 0 Å². The van der Waals surface area contributed by atoms with E-state index in [9.17, 15) is 9.59 Å². The highest BCUT2D eigenvalue weighted by Crippen LogP contribution is 2.24. The summed E-state index contributed by atoms with van der Waals surface area (Å²) in [5.74, 6) is -0.399. The predicted octanol–water partition coefficient (Wildman–Crippen LogP) is 5.24. The summed E-state index contributed by atoms with van der Waals surface area (Å²) in [7, 11) is -6.50. The van der Waals surface area contributed by atoms with Gasteiger partial charge in [-0.2, -0.15) is 0 Å². The summed E-state index contributed by atoms with van der Waals surface area (Å²) >= 11 is 0. The van der Waals surface area contributed by atoms with Crippen LogP contribution < -0.4 is 0 Å². The molecule has 0 saturated carbocycles. The van der Waals surface area contributed by atoms with E-state index in [1.807, 2.05) is 27.7 Å². The second kappa shape index (κ2) is 12.4. The lowest BCUT2D eigenvalue weighted by Crippen LogP contribution is -2.54. The van der Waals surface area contributed by atoms with E-state index in [1.54, 1.807) is 0 Å². The highest BCUT2D eigenvalue weighted by atomic mass is 28.5. The van der Waals surface area contributed by atoms with Gasteiger partial charge in [-0.3, -0.25) is 9.59 Å². The monoisotopic (exact) mass is 464 g/mol. The number of carbonyl (C=O) groups excluding carboxylic acids is 2. The summed E-state index contributed by atoms with van der Waals surface area (Å²) in [6.45, 7) is 20.8. The van der Waals surface area contributed by atoms with Gasteiger partial charge in [-0.1, -0.05) is 27.7 Å². The van der Waals surface area contributed by atoms with Crippen molar-refractivity contribution in [2.24, 2.45) is 11.8 Å². The van der Waals surface area contributed by atoms with Gasteiger partial charge in [0.25, 0.3) is 0 Å². The molecule has 172 valence electrons. The van der Waals surface area contributed by atoms with E-state index in [4.69, 9.17) is 17.7 Å². The van der Waals surface area contributed by atoms with E-state index >= 15 is 0 Å². The molecule has 0 bridgehead atoms. The molecule has 0 aliphatic carbocycles. The van der Waals surface area contributed by atoms with Crippen molar-refractivity contribution >= 4 is 37.1 Å². The summed E-state index contributed by atoms with van der Waals surface area (Å²) < 4.78 is 23.8. The van der Waals surface area contributed by atoms with Gasteiger partial charge in [-0.25, -0.2) is 0 Å². The van der Waals surface area contributed by atoms with Crippen molar-refractivity contribution < 1.29 is 27.3 Å². The van der Waals surface area contributed by atoms with Crippen molar-refractivity contribution in [2.45, 2.75) is 92.3 Å². The molecule has 0 spiro atoms. The topological polar surface area (TPSA) is 71.1 Å². The van der Waals surface area contributed by atoms with Crippen LogP contribution in [0.15, 0.2) is 0 Å². The summed E-state index contributed by atoms with van der Waals surface area (Å²) in [4.78, 5) is 23.7. The number of hydrogen-bond donors (Lipinski definition) is 0. The van der Waals surface area contributed by atoms with Gasteiger partial charge in [-0.05, 0) is 64.6 Å². The second-order valence-electron chi connectivity index (χ2n) is 9.62. The molecule has 29 heavy (non-hydrogen) atoms. The minimum Gasteiger partial charge on any atom is -0.466 e. The Morgan fingerprint density at radius 1 is 0.759 bits per heavy atom. The Hall–Kier alpha value is -0.489. The van der Waals surface area contributed by atoms with Crippen molar-refractivity contribution in [2.75, 3.05) is 12.8 Å². The van der Waals surface area contributed by atoms with Crippen LogP contribution in [0.1, 0.15) is 47.0 Å². The molecule has 6 nitrogen and oxygen atoms in total. The fourth-order valence-corrected chi connectivity index (χ4v) is 16.3. The lowest BCUT2D eigenvalue weighted by Gasteiger charge is -2.38. The molecule has 2 unspecified atom stereocenters. The van der Waals surface area contributed by atoms with Crippen LogP contribution >= 0.6 is 0 Å². The quantitative estimate of drug-likeness (QED) is 0.199. The molecule has 0 amide bonds. The molecule has 0 aliphatic rings. The first kappa shape index (κ1) is 28.5. The van der Waals surface area contributed by atoms with Crippen LogP contribution in [-0.4, -0.2) is 50.0 Å². The standard InChI is InChI=1S/C20H44O6Si3/c1-11-17(3)19(21)23-14-13-15-27(5,6)25-29(9,10)26-28(7,8)16-24-20(22)18(4)12-2/h17-18H,11-16H2,1-10H3. The van der Waals surface area contributed by atoms with Crippen LogP contribution in [-0.2, 0) is 27.3 Å². The molecular formula is C20H44O6Si3. The van der Waals surface area contributed by atoms with Gasteiger partial charge >= 0.3 is 20.5 Å². The Labute approximate surface area is 181 Å². The van der Waals surface area contributed by atoms with E-state index in [1.165, 1.54) is 0 Å². The zero-order valence-corrected chi connectivity index (χ0v) is 23.3. The second-order valence-corrected chi connectivity index (χ2v) is 21.9. The molecule has 9 heteroatoms. The largest absolute Gasteiger partial charge is 0.466 e. The Balaban J connectivity index is 4.53. The fraction of sp³-hybridized carbons (Fsp3) is 0.900. The fourth-order valence-electron chi connectivity index (χ4n) is 2.97. The van der Waals surface area contributed by atoms with Crippen LogP contribution in [0, 0.1) is 11.8 Å². The average molecular weight is 465 g/mol. The first-order valence-electron chi connectivity index (χ1n) is 10.9. The number of hydrogen-bond acceptors (Lipinski definition) is 6. The molecule has 0 saturated heterocycles. The lowest BCUT2D eigenvalue weighted by atomic mass is 10.1. The van der Waals surface area contributed by atoms with Crippen LogP contribution in [0.2, 0.25) is 45.3 Å². The third-order valence-corrected chi connectivity index (χ3v) is 15.6.